The molecule has 1 aromatic carbocycles. The second-order valence-electron chi connectivity index (χ2n) is 7.74. The molecule has 0 radical (unpaired) electrons. The predicted molar refractivity (Wildman–Crippen MR) is 129 cm³/mol. The van der Waals surface area contributed by atoms with E-state index in [0.29, 0.717) is 23.7 Å². The average Bonchev–Trinajstić information content (AvgIpc) is 3.26. The Kier molecular flexibility index (Phi) is 9.10. The fourth-order valence-electron chi connectivity index (χ4n) is 3.97. The first-order valence-electron chi connectivity index (χ1n) is 10.2. The minimum absolute atomic E-state index is 0. The Labute approximate surface area is 194 Å². The molecule has 1 fully saturated rings. The highest BCUT2D eigenvalue weighted by Crippen LogP contribution is 2.15. The van der Waals surface area contributed by atoms with E-state index in [1.165, 1.54) is 0 Å². The summed E-state index contributed by atoms with van der Waals surface area (Å²) in [4.78, 5) is 30.4. The maximum absolute atomic E-state index is 13.0. The third-order valence-electron chi connectivity index (χ3n) is 5.52. The third-order valence-corrected chi connectivity index (χ3v) is 5.52. The van der Waals surface area contributed by atoms with E-state index in [0.717, 1.165) is 50.4 Å². The number of nitrogens with zero attached hydrogens (tertiary/aromatic N) is 2. The number of amidine groups is 1. The van der Waals surface area contributed by atoms with Crippen LogP contribution in [-0.2, 0) is 6.54 Å². The normalized spacial score (nSPS) is 17.6. The average molecular weight is 466 g/mol. The summed E-state index contributed by atoms with van der Waals surface area (Å²) < 4.78 is 1.67. The van der Waals surface area contributed by atoms with Crippen molar-refractivity contribution in [1.29, 1.82) is 0 Å². The molecule has 168 valence electrons. The number of hydrogen-bond acceptors (Lipinski definition) is 5. The van der Waals surface area contributed by atoms with E-state index in [4.69, 9.17) is 0 Å². The SMILES string of the molecule is Cc1ccn(CC2CCCNC2)c(=O)c1C(=O)Nc1cccc(C2=NCCN2)c1.Cl.Cl. The van der Waals surface area contributed by atoms with Crippen molar-refractivity contribution >= 4 is 42.2 Å². The maximum atomic E-state index is 13.0. The quantitative estimate of drug-likeness (QED) is 0.633. The molecule has 0 aliphatic carbocycles. The zero-order chi connectivity index (χ0) is 20.2. The number of anilines is 1. The van der Waals surface area contributed by atoms with Gasteiger partial charge >= 0.3 is 0 Å². The molecule has 7 nitrogen and oxygen atoms in total. The largest absolute Gasteiger partial charge is 0.368 e. The minimum atomic E-state index is -0.373. The van der Waals surface area contributed by atoms with Crippen LogP contribution in [0.4, 0.5) is 5.69 Å². The van der Waals surface area contributed by atoms with Gasteiger partial charge in [0, 0.05) is 30.5 Å². The van der Waals surface area contributed by atoms with Gasteiger partial charge in [-0.2, -0.15) is 0 Å². The number of aromatic nitrogens is 1. The van der Waals surface area contributed by atoms with Gasteiger partial charge in [-0.3, -0.25) is 14.6 Å². The molecule has 3 heterocycles. The molecule has 31 heavy (non-hydrogen) atoms. The number of nitrogens with one attached hydrogen (secondary N) is 3. The summed E-state index contributed by atoms with van der Waals surface area (Å²) in [5.74, 6) is 0.874. The summed E-state index contributed by atoms with van der Waals surface area (Å²) in [5, 5.41) is 9.49. The number of hydrogen-bond donors (Lipinski definition) is 3. The molecule has 1 unspecified atom stereocenters. The second kappa shape index (κ2) is 11.3. The first-order valence-corrected chi connectivity index (χ1v) is 10.2. The van der Waals surface area contributed by atoms with Crippen molar-refractivity contribution in [3.63, 3.8) is 0 Å². The van der Waals surface area contributed by atoms with E-state index >= 15 is 0 Å². The molecule has 9 heteroatoms. The number of benzene rings is 1. The summed E-state index contributed by atoms with van der Waals surface area (Å²) in [6, 6.07) is 9.37. The van der Waals surface area contributed by atoms with Gasteiger partial charge < -0.3 is 20.5 Å². The lowest BCUT2D eigenvalue weighted by atomic mass is 9.99. The number of pyridine rings is 1. The van der Waals surface area contributed by atoms with Crippen molar-refractivity contribution in [2.75, 3.05) is 31.5 Å². The van der Waals surface area contributed by atoms with Gasteiger partial charge in [-0.15, -0.1) is 24.8 Å². The topological polar surface area (TPSA) is 87.5 Å². The number of piperidine rings is 1. The summed E-state index contributed by atoms with van der Waals surface area (Å²) >= 11 is 0. The monoisotopic (exact) mass is 465 g/mol. The number of carbonyl (C=O) groups is 1. The molecular formula is C22H29Cl2N5O2. The van der Waals surface area contributed by atoms with E-state index in [2.05, 4.69) is 20.9 Å². The number of rotatable bonds is 5. The van der Waals surface area contributed by atoms with Gasteiger partial charge in [0.1, 0.15) is 11.4 Å². The lowest BCUT2D eigenvalue weighted by Crippen LogP contribution is -2.36. The third kappa shape index (κ3) is 5.87. The Morgan fingerprint density at radius 2 is 2.10 bits per heavy atom. The standard InChI is InChI=1S/C22H27N5O2.2ClH/c1-15-7-11-27(14-16-4-3-8-23-13-16)22(29)19(15)21(28)26-18-6-2-5-17(12-18)20-24-9-10-25-20;;/h2,5-7,11-12,16,23H,3-4,8-10,13-14H2,1H3,(H,24,25)(H,26,28);2*1H. The summed E-state index contributed by atoms with van der Waals surface area (Å²) in [7, 11) is 0. The number of aryl methyl sites for hydroxylation is 1. The molecule has 0 bridgehead atoms. The summed E-state index contributed by atoms with van der Waals surface area (Å²) in [6.45, 7) is 5.96. The predicted octanol–water partition coefficient (Wildman–Crippen LogP) is 2.60. The smallest absolute Gasteiger partial charge is 0.263 e. The van der Waals surface area contributed by atoms with Crippen LogP contribution in [-0.4, -0.2) is 42.5 Å². The molecule has 1 amide bonds. The summed E-state index contributed by atoms with van der Waals surface area (Å²) in [6.07, 6.45) is 4.02. The second-order valence-corrected chi connectivity index (χ2v) is 7.74. The van der Waals surface area contributed by atoms with Crippen LogP contribution in [0.15, 0.2) is 46.3 Å². The van der Waals surface area contributed by atoms with Crippen LogP contribution in [0.5, 0.6) is 0 Å². The summed E-state index contributed by atoms with van der Waals surface area (Å²) in [5.41, 5.74) is 2.23. The van der Waals surface area contributed by atoms with Crippen LogP contribution in [0.3, 0.4) is 0 Å². The molecule has 2 aromatic rings. The number of amides is 1. The number of aliphatic imine (C=N–C) groups is 1. The van der Waals surface area contributed by atoms with Gasteiger partial charge in [0.25, 0.3) is 11.5 Å². The van der Waals surface area contributed by atoms with Gasteiger partial charge in [0.15, 0.2) is 0 Å². The molecule has 0 spiro atoms. The molecule has 2 aliphatic heterocycles. The van der Waals surface area contributed by atoms with Crippen molar-refractivity contribution < 1.29 is 4.79 Å². The highest BCUT2D eigenvalue weighted by Gasteiger charge is 2.19. The van der Waals surface area contributed by atoms with Crippen molar-refractivity contribution in [2.45, 2.75) is 26.3 Å². The van der Waals surface area contributed by atoms with Crippen LogP contribution in [0, 0.1) is 12.8 Å². The zero-order valence-electron chi connectivity index (χ0n) is 17.5. The fourth-order valence-corrected chi connectivity index (χ4v) is 3.97. The highest BCUT2D eigenvalue weighted by molar-refractivity contribution is 6.06. The van der Waals surface area contributed by atoms with Gasteiger partial charge in [-0.1, -0.05) is 12.1 Å². The zero-order valence-corrected chi connectivity index (χ0v) is 19.2. The van der Waals surface area contributed by atoms with Crippen LogP contribution < -0.4 is 21.5 Å². The maximum Gasteiger partial charge on any atom is 0.263 e. The van der Waals surface area contributed by atoms with E-state index < -0.39 is 0 Å². The lowest BCUT2D eigenvalue weighted by molar-refractivity contribution is 0.102. The molecular weight excluding hydrogens is 437 g/mol. The molecule has 2 aliphatic rings. The van der Waals surface area contributed by atoms with Gasteiger partial charge in [0.2, 0.25) is 0 Å². The van der Waals surface area contributed by atoms with Gasteiger partial charge in [-0.05, 0) is 62.5 Å². The van der Waals surface area contributed by atoms with Gasteiger partial charge in [-0.25, -0.2) is 0 Å². The fraction of sp³-hybridized carbons (Fsp3) is 0.409. The van der Waals surface area contributed by atoms with Crippen molar-refractivity contribution in [1.82, 2.24) is 15.2 Å². The molecule has 1 saturated heterocycles. The highest BCUT2D eigenvalue weighted by atomic mass is 35.5. The Morgan fingerprint density at radius 3 is 2.81 bits per heavy atom. The Balaban J connectivity index is 0.00000171. The van der Waals surface area contributed by atoms with E-state index in [-0.39, 0.29) is 41.8 Å². The van der Waals surface area contributed by atoms with Crippen molar-refractivity contribution in [3.8, 4) is 0 Å². The molecule has 3 N–H and O–H groups in total. The van der Waals surface area contributed by atoms with E-state index in [1.54, 1.807) is 17.7 Å². The minimum Gasteiger partial charge on any atom is -0.368 e. The molecule has 1 aromatic heterocycles. The van der Waals surface area contributed by atoms with Crippen LogP contribution in [0.1, 0.15) is 34.3 Å². The van der Waals surface area contributed by atoms with Crippen LogP contribution >= 0.6 is 24.8 Å². The lowest BCUT2D eigenvalue weighted by Gasteiger charge is -2.23. The van der Waals surface area contributed by atoms with Crippen LogP contribution in [0.2, 0.25) is 0 Å². The Bertz CT molecular complexity index is 1000. The molecule has 1 atom stereocenters. The van der Waals surface area contributed by atoms with Gasteiger partial charge in [0.05, 0.1) is 6.54 Å². The van der Waals surface area contributed by atoms with Crippen molar-refractivity contribution in [2.24, 2.45) is 10.9 Å². The van der Waals surface area contributed by atoms with Crippen molar-refractivity contribution in [3.05, 3.63) is 63.6 Å². The molecule has 4 rings (SSSR count). The first kappa shape index (κ1) is 24.9. The number of carbonyl (C=O) groups excluding carboxylic acids is 1. The molecule has 0 saturated carbocycles. The van der Waals surface area contributed by atoms with Crippen LogP contribution in [0.25, 0.3) is 0 Å². The first-order chi connectivity index (χ1) is 14.1. The number of halogens is 2. The van der Waals surface area contributed by atoms with E-state index in [1.807, 2.05) is 30.3 Å². The Morgan fingerprint density at radius 1 is 1.26 bits per heavy atom. The van der Waals surface area contributed by atoms with E-state index in [9.17, 15) is 9.59 Å². The Hall–Kier alpha value is -2.35.